The van der Waals surface area contributed by atoms with Crippen molar-refractivity contribution in [3.63, 3.8) is 0 Å². The molecule has 5 heteroatoms. The van der Waals surface area contributed by atoms with Gasteiger partial charge in [0.15, 0.2) is 11.6 Å². The van der Waals surface area contributed by atoms with Crippen molar-refractivity contribution in [2.24, 2.45) is 0 Å². The molecule has 1 heterocycles. The van der Waals surface area contributed by atoms with Gasteiger partial charge in [0.2, 0.25) is 0 Å². The van der Waals surface area contributed by atoms with Crippen LogP contribution in [0.2, 0.25) is 0 Å². The second kappa shape index (κ2) is 4.56. The summed E-state index contributed by atoms with van der Waals surface area (Å²) >= 11 is 0. The molecule has 102 valence electrons. The van der Waals surface area contributed by atoms with Crippen LogP contribution in [0.4, 0.5) is 13.2 Å². The van der Waals surface area contributed by atoms with Gasteiger partial charge in [0.25, 0.3) is 0 Å². The molecular weight excluding hydrogens is 253 g/mol. The summed E-state index contributed by atoms with van der Waals surface area (Å²) in [6.45, 7) is 2.84. The Balaban J connectivity index is 2.18. The average molecular weight is 268 g/mol. The molecule has 0 saturated heterocycles. The van der Waals surface area contributed by atoms with Crippen molar-refractivity contribution in [3.05, 3.63) is 34.8 Å². The Hall–Kier alpha value is -1.49. The second-order valence-corrected chi connectivity index (χ2v) is 4.97. The molecule has 0 aliphatic heterocycles. The lowest BCUT2D eigenvalue weighted by atomic mass is 10.1. The quantitative estimate of drug-likeness (QED) is 0.818. The summed E-state index contributed by atoms with van der Waals surface area (Å²) in [4.78, 5) is 2.90. The van der Waals surface area contributed by atoms with Gasteiger partial charge in [-0.2, -0.15) is 0 Å². The maximum atomic E-state index is 14.0. The monoisotopic (exact) mass is 268 g/mol. The fourth-order valence-corrected chi connectivity index (χ4v) is 2.88. The van der Waals surface area contributed by atoms with E-state index in [1.54, 1.807) is 0 Å². The van der Waals surface area contributed by atoms with Crippen molar-refractivity contribution in [1.29, 1.82) is 0 Å². The zero-order valence-electron chi connectivity index (χ0n) is 10.6. The number of hydrogen-bond donors (Lipinski definition) is 2. The van der Waals surface area contributed by atoms with Crippen molar-refractivity contribution >= 4 is 10.9 Å². The summed E-state index contributed by atoms with van der Waals surface area (Å²) in [5, 5.41) is 3.37. The number of hydrogen-bond acceptors (Lipinski definition) is 1. The predicted octanol–water partition coefficient (Wildman–Crippen LogP) is 3.57. The van der Waals surface area contributed by atoms with Gasteiger partial charge in [0.1, 0.15) is 5.82 Å². The summed E-state index contributed by atoms with van der Waals surface area (Å²) in [6.07, 6.45) is 2.51. The van der Waals surface area contributed by atoms with Crippen molar-refractivity contribution < 1.29 is 13.2 Å². The summed E-state index contributed by atoms with van der Waals surface area (Å²) in [5.74, 6) is -2.83. The van der Waals surface area contributed by atoms with Crippen LogP contribution in [0.25, 0.3) is 10.9 Å². The minimum atomic E-state index is -1.13. The third-order valence-electron chi connectivity index (χ3n) is 3.71. The first-order valence-corrected chi connectivity index (χ1v) is 6.54. The largest absolute Gasteiger partial charge is 0.356 e. The van der Waals surface area contributed by atoms with Gasteiger partial charge in [-0.1, -0.05) is 6.92 Å². The minimum absolute atomic E-state index is 0.0283. The molecule has 1 aliphatic carbocycles. The number of aromatic nitrogens is 1. The van der Waals surface area contributed by atoms with Crippen LogP contribution in [0.15, 0.2) is 6.07 Å². The Morgan fingerprint density at radius 3 is 2.84 bits per heavy atom. The smallest absolute Gasteiger partial charge is 0.168 e. The highest BCUT2D eigenvalue weighted by Crippen LogP contribution is 2.39. The van der Waals surface area contributed by atoms with E-state index in [-0.39, 0.29) is 16.9 Å². The number of aryl methyl sites for hydroxylation is 1. The fourth-order valence-electron chi connectivity index (χ4n) is 2.88. The van der Waals surface area contributed by atoms with Crippen LogP contribution in [-0.2, 0) is 6.42 Å². The molecule has 0 spiro atoms. The van der Waals surface area contributed by atoms with Gasteiger partial charge < -0.3 is 10.3 Å². The third kappa shape index (κ3) is 1.84. The molecule has 2 nitrogen and oxygen atoms in total. The minimum Gasteiger partial charge on any atom is -0.356 e. The molecule has 0 radical (unpaired) electrons. The number of benzene rings is 1. The van der Waals surface area contributed by atoms with Crippen LogP contribution in [0, 0.1) is 17.5 Å². The molecule has 1 aromatic heterocycles. The molecular formula is C14H15F3N2. The van der Waals surface area contributed by atoms with Crippen LogP contribution in [-0.4, -0.2) is 11.5 Å². The number of aromatic amines is 1. The lowest BCUT2D eigenvalue weighted by Crippen LogP contribution is -2.20. The van der Waals surface area contributed by atoms with Gasteiger partial charge in [-0.05, 0) is 25.8 Å². The Bertz CT molecular complexity index is 633. The van der Waals surface area contributed by atoms with Gasteiger partial charge in [0, 0.05) is 28.8 Å². The van der Waals surface area contributed by atoms with E-state index in [1.165, 1.54) is 0 Å². The summed E-state index contributed by atoms with van der Waals surface area (Å²) in [6, 6.07) is 0.567. The standard InChI is InChI=1S/C14H15F3N2/c1-2-5-18-9-3-4-10-11(9)12-13(17)7(15)6-8(16)14(12)19-10/h6,9,18-19H,2-5H2,1H3. The normalized spacial score (nSPS) is 18.2. The van der Waals surface area contributed by atoms with Gasteiger partial charge in [0.05, 0.1) is 5.52 Å². The van der Waals surface area contributed by atoms with E-state index in [0.29, 0.717) is 11.6 Å². The van der Waals surface area contributed by atoms with Crippen molar-refractivity contribution in [1.82, 2.24) is 10.3 Å². The SMILES string of the molecule is CCCNC1CCc2[nH]c3c(F)cc(F)c(F)c3c21. The third-order valence-corrected chi connectivity index (χ3v) is 3.71. The maximum Gasteiger partial charge on any atom is 0.168 e. The van der Waals surface area contributed by atoms with E-state index in [2.05, 4.69) is 10.3 Å². The number of nitrogens with one attached hydrogen (secondary N) is 2. The van der Waals surface area contributed by atoms with E-state index in [1.807, 2.05) is 6.92 Å². The molecule has 0 bridgehead atoms. The maximum absolute atomic E-state index is 14.0. The first-order chi connectivity index (χ1) is 9.13. The molecule has 19 heavy (non-hydrogen) atoms. The fraction of sp³-hybridized carbons (Fsp3) is 0.429. The molecule has 0 amide bonds. The van der Waals surface area contributed by atoms with Crippen LogP contribution < -0.4 is 5.32 Å². The molecule has 3 rings (SSSR count). The molecule has 2 aromatic rings. The highest BCUT2D eigenvalue weighted by atomic mass is 19.2. The molecule has 2 N–H and O–H groups in total. The second-order valence-electron chi connectivity index (χ2n) is 4.97. The van der Waals surface area contributed by atoms with Gasteiger partial charge in [-0.3, -0.25) is 0 Å². The van der Waals surface area contributed by atoms with E-state index in [4.69, 9.17) is 0 Å². The van der Waals surface area contributed by atoms with E-state index >= 15 is 0 Å². The van der Waals surface area contributed by atoms with Crippen LogP contribution in [0.3, 0.4) is 0 Å². The first kappa shape index (κ1) is 12.5. The zero-order valence-corrected chi connectivity index (χ0v) is 10.6. The van der Waals surface area contributed by atoms with E-state index in [9.17, 15) is 13.2 Å². The summed E-state index contributed by atoms with van der Waals surface area (Å²) < 4.78 is 41.1. The van der Waals surface area contributed by atoms with Crippen LogP contribution in [0.1, 0.15) is 37.1 Å². The molecule has 1 unspecified atom stereocenters. The number of rotatable bonds is 3. The number of H-pyrrole nitrogens is 1. The number of halogens is 3. The van der Waals surface area contributed by atoms with Crippen molar-refractivity contribution in [2.75, 3.05) is 6.54 Å². The Kier molecular flexibility index (Phi) is 3.01. The molecule has 1 aliphatic rings. The van der Waals surface area contributed by atoms with E-state index in [0.717, 1.165) is 31.5 Å². The number of fused-ring (bicyclic) bond motifs is 3. The molecule has 1 aromatic carbocycles. The van der Waals surface area contributed by atoms with Gasteiger partial charge in [-0.25, -0.2) is 13.2 Å². The highest BCUT2D eigenvalue weighted by Gasteiger charge is 2.30. The molecule has 0 saturated carbocycles. The van der Waals surface area contributed by atoms with Crippen LogP contribution >= 0.6 is 0 Å². The predicted molar refractivity (Wildman–Crippen MR) is 67.5 cm³/mol. The average Bonchev–Trinajstić information content (AvgIpc) is 2.93. The highest BCUT2D eigenvalue weighted by molar-refractivity contribution is 5.87. The van der Waals surface area contributed by atoms with E-state index < -0.39 is 17.5 Å². The molecule has 0 fully saturated rings. The summed E-state index contributed by atoms with van der Waals surface area (Å²) in [7, 11) is 0. The zero-order chi connectivity index (χ0) is 13.6. The van der Waals surface area contributed by atoms with Crippen molar-refractivity contribution in [3.8, 4) is 0 Å². The Morgan fingerprint density at radius 2 is 2.11 bits per heavy atom. The lowest BCUT2D eigenvalue weighted by molar-refractivity contribution is 0.500. The summed E-state index contributed by atoms with van der Waals surface area (Å²) in [5.41, 5.74) is 1.58. The Labute approximate surface area is 109 Å². The van der Waals surface area contributed by atoms with Gasteiger partial charge in [-0.15, -0.1) is 0 Å². The van der Waals surface area contributed by atoms with Crippen molar-refractivity contribution in [2.45, 2.75) is 32.2 Å². The first-order valence-electron chi connectivity index (χ1n) is 6.54. The van der Waals surface area contributed by atoms with Gasteiger partial charge >= 0.3 is 0 Å². The topological polar surface area (TPSA) is 27.8 Å². The lowest BCUT2D eigenvalue weighted by Gasteiger charge is -2.13. The molecule has 1 atom stereocenters. The Morgan fingerprint density at radius 1 is 1.32 bits per heavy atom. The van der Waals surface area contributed by atoms with Crippen LogP contribution in [0.5, 0.6) is 0 Å².